The number of halogens is 1. The molecule has 2 aromatic heterocycles. The van der Waals surface area contributed by atoms with E-state index < -0.39 is 7.12 Å². The molecule has 0 saturated heterocycles. The van der Waals surface area contributed by atoms with Crippen LogP contribution in [0.25, 0.3) is 32.8 Å². The molecule has 2 N–H and O–H groups in total. The molecule has 6 aromatic rings. The van der Waals surface area contributed by atoms with Gasteiger partial charge < -0.3 is 10.0 Å². The van der Waals surface area contributed by atoms with E-state index in [1.807, 2.05) is 72.8 Å². The summed E-state index contributed by atoms with van der Waals surface area (Å²) in [4.78, 5) is 29.1. The van der Waals surface area contributed by atoms with Gasteiger partial charge in [0.15, 0.2) is 12.6 Å². The van der Waals surface area contributed by atoms with E-state index in [2.05, 4.69) is 44.1 Å². The van der Waals surface area contributed by atoms with Gasteiger partial charge in [0.2, 0.25) is 0 Å². The number of hydrogen-bond donors (Lipinski definition) is 2. The molecular weight excluding hydrogens is 567 g/mol. The first-order valence-electron chi connectivity index (χ1n) is 12.3. The summed E-state index contributed by atoms with van der Waals surface area (Å²) >= 11 is 3.13. The summed E-state index contributed by atoms with van der Waals surface area (Å²) in [7, 11) is -1.40. The Balaban J connectivity index is 0.000000148. The number of aldehydes is 2. The van der Waals surface area contributed by atoms with Crippen LogP contribution in [0.3, 0.4) is 0 Å². The fourth-order valence-electron chi connectivity index (χ4n) is 4.08. The molecule has 0 amide bonds. The van der Waals surface area contributed by atoms with Gasteiger partial charge >= 0.3 is 7.12 Å². The maximum atomic E-state index is 10.8. The van der Waals surface area contributed by atoms with Gasteiger partial charge in [-0.25, -0.2) is 9.97 Å². The van der Waals surface area contributed by atoms with Crippen LogP contribution in [-0.2, 0) is 0 Å². The van der Waals surface area contributed by atoms with Crippen LogP contribution in [0.4, 0.5) is 0 Å². The van der Waals surface area contributed by atoms with E-state index in [1.54, 1.807) is 30.3 Å². The zero-order valence-electron chi connectivity index (χ0n) is 21.3. The van der Waals surface area contributed by atoms with Crippen LogP contribution in [0.15, 0.2) is 126 Å². The van der Waals surface area contributed by atoms with E-state index in [9.17, 15) is 9.59 Å². The Hall–Kier alpha value is -4.50. The largest absolute Gasteiger partial charge is 0.489 e. The number of aromatic nitrogens is 2. The Morgan fingerprint density at radius 1 is 0.575 bits per heavy atom. The lowest BCUT2D eigenvalue weighted by atomic mass is 9.77. The molecular formula is C32H24BBrN2O4. The molecule has 0 radical (unpaired) electrons. The Bertz CT molecular complexity index is 1750. The van der Waals surface area contributed by atoms with Crippen molar-refractivity contribution in [3.05, 3.63) is 137 Å². The van der Waals surface area contributed by atoms with Crippen molar-refractivity contribution in [1.29, 1.82) is 0 Å². The van der Waals surface area contributed by atoms with E-state index in [1.165, 1.54) is 5.39 Å². The van der Waals surface area contributed by atoms with Crippen LogP contribution >= 0.6 is 15.9 Å². The number of carbonyl (C=O) groups excluding carboxylic acids is 2. The van der Waals surface area contributed by atoms with E-state index in [0.717, 1.165) is 33.7 Å². The molecule has 0 bridgehead atoms. The molecule has 4 aromatic carbocycles. The van der Waals surface area contributed by atoms with Crippen LogP contribution in [0.1, 0.15) is 21.0 Å². The number of hydrogen-bond acceptors (Lipinski definition) is 6. The van der Waals surface area contributed by atoms with Crippen molar-refractivity contribution in [3.8, 4) is 11.3 Å². The summed E-state index contributed by atoms with van der Waals surface area (Å²) in [5, 5.41) is 22.4. The number of carbonyl (C=O) groups is 2. The molecule has 8 heteroatoms. The predicted molar refractivity (Wildman–Crippen MR) is 164 cm³/mol. The molecule has 0 spiro atoms. The van der Waals surface area contributed by atoms with E-state index in [-0.39, 0.29) is 0 Å². The molecule has 0 atom stereocenters. The van der Waals surface area contributed by atoms with Gasteiger partial charge in [0.1, 0.15) is 16.0 Å². The van der Waals surface area contributed by atoms with Crippen LogP contribution < -0.4 is 5.46 Å². The third-order valence-corrected chi connectivity index (χ3v) is 6.36. The molecule has 196 valence electrons. The van der Waals surface area contributed by atoms with Gasteiger partial charge in [0.05, 0.1) is 5.69 Å². The number of rotatable bonds is 4. The fourth-order valence-corrected chi connectivity index (χ4v) is 4.44. The topological polar surface area (TPSA) is 100 Å². The van der Waals surface area contributed by atoms with Crippen molar-refractivity contribution in [2.45, 2.75) is 0 Å². The molecule has 6 nitrogen and oxygen atoms in total. The number of benzene rings is 4. The highest BCUT2D eigenvalue weighted by molar-refractivity contribution is 9.10. The van der Waals surface area contributed by atoms with Gasteiger partial charge in [0, 0.05) is 5.56 Å². The Morgan fingerprint density at radius 3 is 1.73 bits per heavy atom. The van der Waals surface area contributed by atoms with Gasteiger partial charge in [-0.15, -0.1) is 0 Å². The highest BCUT2D eigenvalue weighted by atomic mass is 79.9. The van der Waals surface area contributed by atoms with Gasteiger partial charge in [-0.1, -0.05) is 97.1 Å². The average Bonchev–Trinajstić information content (AvgIpc) is 3.01. The summed E-state index contributed by atoms with van der Waals surface area (Å²) < 4.78 is 0.687. The zero-order valence-corrected chi connectivity index (χ0v) is 22.8. The first-order valence-corrected chi connectivity index (χ1v) is 13.1. The Labute approximate surface area is 240 Å². The maximum Gasteiger partial charge on any atom is 0.489 e. The third-order valence-electron chi connectivity index (χ3n) is 5.92. The summed E-state index contributed by atoms with van der Waals surface area (Å²) in [6, 6.07) is 38.1. The van der Waals surface area contributed by atoms with Gasteiger partial charge in [-0.2, -0.15) is 0 Å². The van der Waals surface area contributed by atoms with Crippen molar-refractivity contribution in [2.24, 2.45) is 0 Å². The van der Waals surface area contributed by atoms with Gasteiger partial charge in [-0.3, -0.25) is 9.59 Å². The lowest BCUT2D eigenvalue weighted by Gasteiger charge is -2.06. The van der Waals surface area contributed by atoms with E-state index in [4.69, 9.17) is 10.0 Å². The normalized spacial score (nSPS) is 10.1. The van der Waals surface area contributed by atoms with Gasteiger partial charge in [-0.05, 0) is 67.2 Å². The van der Waals surface area contributed by atoms with Crippen LogP contribution in [-0.4, -0.2) is 39.7 Å². The van der Waals surface area contributed by atoms with Crippen molar-refractivity contribution in [3.63, 3.8) is 0 Å². The SMILES string of the molecule is O=Cc1cccc(-c2cccc3ccccc23)n1.O=Cc1cccc(Br)n1.OB(O)c1cccc2ccccc12. The first kappa shape index (κ1) is 28.5. The molecule has 0 aliphatic carbocycles. The second kappa shape index (κ2) is 14.1. The molecule has 0 unspecified atom stereocenters. The molecule has 0 aliphatic rings. The lowest BCUT2D eigenvalue weighted by molar-refractivity contribution is 0.111. The summed E-state index contributed by atoms with van der Waals surface area (Å²) in [5.74, 6) is 0. The highest BCUT2D eigenvalue weighted by Gasteiger charge is 2.13. The third kappa shape index (κ3) is 7.33. The minimum atomic E-state index is -1.40. The van der Waals surface area contributed by atoms with Gasteiger partial charge in [0.25, 0.3) is 0 Å². The number of pyridine rings is 2. The predicted octanol–water partition coefficient (Wildman–Crippen LogP) is 5.89. The maximum absolute atomic E-state index is 10.8. The number of nitrogens with zero attached hydrogens (tertiary/aromatic N) is 2. The zero-order chi connectivity index (χ0) is 28.3. The monoisotopic (exact) mass is 590 g/mol. The second-order valence-electron chi connectivity index (χ2n) is 8.54. The van der Waals surface area contributed by atoms with Crippen molar-refractivity contribution in [1.82, 2.24) is 9.97 Å². The van der Waals surface area contributed by atoms with Crippen molar-refractivity contribution < 1.29 is 19.6 Å². The average molecular weight is 591 g/mol. The molecule has 2 heterocycles. The minimum absolute atomic E-state index is 0.448. The number of fused-ring (bicyclic) bond motifs is 2. The van der Waals surface area contributed by atoms with Crippen LogP contribution in [0.2, 0.25) is 0 Å². The lowest BCUT2D eigenvalue weighted by Crippen LogP contribution is -2.30. The molecule has 0 aliphatic heterocycles. The van der Waals surface area contributed by atoms with Crippen molar-refractivity contribution in [2.75, 3.05) is 0 Å². The highest BCUT2D eigenvalue weighted by Crippen LogP contribution is 2.27. The second-order valence-corrected chi connectivity index (χ2v) is 9.35. The fraction of sp³-hybridized carbons (Fsp3) is 0. The molecule has 6 rings (SSSR count). The minimum Gasteiger partial charge on any atom is -0.423 e. The molecule has 0 saturated carbocycles. The summed E-state index contributed by atoms with van der Waals surface area (Å²) in [6.07, 6.45) is 1.49. The Morgan fingerprint density at radius 2 is 1.10 bits per heavy atom. The standard InChI is InChI=1S/C16H11NO.C10H9BO2.C6H4BrNO/c18-11-13-7-4-10-16(17-13)15-9-3-6-12-5-1-2-8-14(12)15;12-11(13)10-7-3-5-8-4-1-2-6-9(8)10;7-6-3-1-2-5(4-9)8-6/h1-11H;1-7,12-13H;1-4H. The van der Waals surface area contributed by atoms with E-state index in [0.29, 0.717) is 27.7 Å². The van der Waals surface area contributed by atoms with Crippen LogP contribution in [0.5, 0.6) is 0 Å². The smallest absolute Gasteiger partial charge is 0.423 e. The quantitative estimate of drug-likeness (QED) is 0.151. The van der Waals surface area contributed by atoms with Crippen molar-refractivity contribution >= 4 is 62.6 Å². The summed E-state index contributed by atoms with van der Waals surface area (Å²) in [6.45, 7) is 0. The molecule has 0 fully saturated rings. The summed E-state index contributed by atoms with van der Waals surface area (Å²) in [5.41, 5.74) is 3.34. The molecule has 40 heavy (non-hydrogen) atoms. The first-order chi connectivity index (χ1) is 19.5. The Kier molecular flexibility index (Phi) is 10.0. The van der Waals surface area contributed by atoms with Crippen LogP contribution in [0, 0.1) is 0 Å². The van der Waals surface area contributed by atoms with E-state index >= 15 is 0 Å².